The molecule has 0 heterocycles. The van der Waals surface area contributed by atoms with Gasteiger partial charge in [-0.1, -0.05) is 109 Å². The van der Waals surface area contributed by atoms with Gasteiger partial charge in [-0.2, -0.15) is 0 Å². The molecule has 6 aromatic rings. The molecule has 0 bridgehead atoms. The van der Waals surface area contributed by atoms with E-state index < -0.39 is 0 Å². The fourth-order valence-electron chi connectivity index (χ4n) is 5.40. The molecule has 6 rings (SSSR count). The summed E-state index contributed by atoms with van der Waals surface area (Å²) in [6.07, 6.45) is 0. The Morgan fingerprint density at radius 2 is 0.821 bits per heavy atom. The zero-order valence-electron chi connectivity index (χ0n) is 21.9. The van der Waals surface area contributed by atoms with Gasteiger partial charge in [0.2, 0.25) is 0 Å². The van der Waals surface area contributed by atoms with Crippen LogP contribution in [-0.4, -0.2) is 0 Å². The molecular weight excluding hydrogens is 472 g/mol. The normalized spacial score (nSPS) is 10.9. The van der Waals surface area contributed by atoms with Crippen LogP contribution in [0, 0.1) is 6.92 Å². The van der Waals surface area contributed by atoms with Gasteiger partial charge in [-0.25, -0.2) is 0 Å². The second-order valence-electron chi connectivity index (χ2n) is 9.97. The van der Waals surface area contributed by atoms with Gasteiger partial charge < -0.3 is 11.5 Å². The number of benzene rings is 6. The molecule has 0 spiro atoms. The summed E-state index contributed by atoms with van der Waals surface area (Å²) >= 11 is 0. The van der Waals surface area contributed by atoms with Crippen LogP contribution < -0.4 is 11.5 Å². The molecule has 0 saturated heterocycles. The van der Waals surface area contributed by atoms with Gasteiger partial charge >= 0.3 is 0 Å². The Kier molecular flexibility index (Phi) is 6.44. The Morgan fingerprint density at radius 1 is 0.359 bits per heavy atom. The molecule has 4 N–H and O–H groups in total. The van der Waals surface area contributed by atoms with Gasteiger partial charge in [0.15, 0.2) is 0 Å². The summed E-state index contributed by atoms with van der Waals surface area (Å²) in [6.45, 7) is 2.08. The Bertz CT molecular complexity index is 1780. The molecule has 0 atom stereocenters. The molecule has 0 aromatic heterocycles. The van der Waals surface area contributed by atoms with Crippen molar-refractivity contribution in [3.8, 4) is 55.6 Å². The quantitative estimate of drug-likeness (QED) is 0.231. The molecule has 0 radical (unpaired) electrons. The van der Waals surface area contributed by atoms with E-state index in [2.05, 4.69) is 116 Å². The lowest BCUT2D eigenvalue weighted by molar-refractivity contribution is 1.46. The van der Waals surface area contributed by atoms with E-state index in [4.69, 9.17) is 11.5 Å². The molecule has 0 unspecified atom stereocenters. The van der Waals surface area contributed by atoms with Crippen molar-refractivity contribution < 1.29 is 0 Å². The van der Waals surface area contributed by atoms with Crippen molar-refractivity contribution in [1.82, 2.24) is 0 Å². The van der Waals surface area contributed by atoms with Crippen LogP contribution >= 0.6 is 0 Å². The third-order valence-electron chi connectivity index (χ3n) is 7.20. The molecule has 0 aliphatic carbocycles. The van der Waals surface area contributed by atoms with Crippen LogP contribution in [0.15, 0.2) is 140 Å². The summed E-state index contributed by atoms with van der Waals surface area (Å²) in [4.78, 5) is 0. The third-order valence-corrected chi connectivity index (χ3v) is 7.20. The third kappa shape index (κ3) is 4.93. The number of hydrogen-bond acceptors (Lipinski definition) is 2. The van der Waals surface area contributed by atoms with Crippen LogP contribution in [-0.2, 0) is 0 Å². The highest BCUT2D eigenvalue weighted by molar-refractivity contribution is 5.93. The van der Waals surface area contributed by atoms with Gasteiger partial charge in [0, 0.05) is 16.9 Å². The van der Waals surface area contributed by atoms with Gasteiger partial charge in [-0.05, 0) is 92.9 Å². The van der Waals surface area contributed by atoms with Crippen molar-refractivity contribution in [2.75, 3.05) is 11.5 Å². The molecule has 0 fully saturated rings. The Labute approximate surface area is 230 Å². The van der Waals surface area contributed by atoms with Crippen molar-refractivity contribution in [1.29, 1.82) is 0 Å². The Balaban J connectivity index is 1.47. The first kappa shape index (κ1) is 24.3. The second kappa shape index (κ2) is 10.4. The van der Waals surface area contributed by atoms with Crippen molar-refractivity contribution in [3.05, 3.63) is 145 Å². The van der Waals surface area contributed by atoms with E-state index in [0.717, 1.165) is 44.8 Å². The van der Waals surface area contributed by atoms with E-state index in [1.807, 2.05) is 30.3 Å². The number of rotatable bonds is 5. The number of aryl methyl sites for hydroxylation is 1. The molecule has 0 amide bonds. The largest absolute Gasteiger partial charge is 0.399 e. The van der Waals surface area contributed by atoms with Crippen molar-refractivity contribution >= 4 is 11.4 Å². The van der Waals surface area contributed by atoms with E-state index in [0.29, 0.717) is 0 Å². The van der Waals surface area contributed by atoms with Crippen molar-refractivity contribution in [2.45, 2.75) is 6.92 Å². The number of para-hydroxylation sites is 1. The fraction of sp³-hybridized carbons (Fsp3) is 0.0270. The van der Waals surface area contributed by atoms with Crippen LogP contribution in [0.25, 0.3) is 55.6 Å². The molecule has 0 aliphatic heterocycles. The van der Waals surface area contributed by atoms with E-state index in [9.17, 15) is 0 Å². The minimum absolute atomic E-state index is 0.781. The van der Waals surface area contributed by atoms with Gasteiger partial charge in [-0.3, -0.25) is 0 Å². The van der Waals surface area contributed by atoms with E-state index in [1.54, 1.807) is 0 Å². The average Bonchev–Trinajstić information content (AvgIpc) is 2.97. The highest BCUT2D eigenvalue weighted by Crippen LogP contribution is 2.40. The van der Waals surface area contributed by atoms with Crippen molar-refractivity contribution in [3.63, 3.8) is 0 Å². The number of nitrogen functional groups attached to an aromatic ring is 2. The fourth-order valence-corrected chi connectivity index (χ4v) is 5.40. The Morgan fingerprint density at radius 3 is 1.38 bits per heavy atom. The standard InChI is InChI=1S/C37H30N2/c1-25-20-30(24-31(38)21-25)26-10-8-11-27(22-26)32-14-2-4-17-35(32)36-18-5-3-15-33(36)28-12-9-13-29(23-28)34-16-6-7-19-37(34)39/h2-24H,38-39H2,1H3. The topological polar surface area (TPSA) is 52.0 Å². The summed E-state index contributed by atoms with van der Waals surface area (Å²) in [6, 6.07) is 48.9. The highest BCUT2D eigenvalue weighted by atomic mass is 14.6. The number of nitrogens with two attached hydrogens (primary N) is 2. The van der Waals surface area contributed by atoms with Gasteiger partial charge in [0.1, 0.15) is 0 Å². The van der Waals surface area contributed by atoms with Crippen LogP contribution in [0.1, 0.15) is 5.56 Å². The Hall–Kier alpha value is -5.08. The molecule has 6 aromatic carbocycles. The number of anilines is 2. The van der Waals surface area contributed by atoms with Crippen LogP contribution in [0.3, 0.4) is 0 Å². The lowest BCUT2D eigenvalue weighted by Gasteiger charge is -2.16. The predicted octanol–water partition coefficient (Wildman–Crippen LogP) is 9.49. The molecule has 2 nitrogen and oxygen atoms in total. The SMILES string of the molecule is Cc1cc(N)cc(-c2cccc(-c3ccccc3-c3ccccc3-c3cccc(-c4ccccc4N)c3)c2)c1. The van der Waals surface area contributed by atoms with Gasteiger partial charge in [0.05, 0.1) is 0 Å². The monoisotopic (exact) mass is 502 g/mol. The molecule has 39 heavy (non-hydrogen) atoms. The van der Waals surface area contributed by atoms with Crippen LogP contribution in [0.5, 0.6) is 0 Å². The first-order chi connectivity index (χ1) is 19.1. The van der Waals surface area contributed by atoms with Gasteiger partial charge in [-0.15, -0.1) is 0 Å². The maximum absolute atomic E-state index is 6.31. The minimum atomic E-state index is 0.781. The van der Waals surface area contributed by atoms with E-state index in [1.165, 1.54) is 27.8 Å². The summed E-state index contributed by atoms with van der Waals surface area (Å²) < 4.78 is 0. The van der Waals surface area contributed by atoms with Crippen LogP contribution in [0.4, 0.5) is 11.4 Å². The van der Waals surface area contributed by atoms with E-state index in [-0.39, 0.29) is 0 Å². The zero-order chi connectivity index (χ0) is 26.8. The second-order valence-corrected chi connectivity index (χ2v) is 9.97. The summed E-state index contributed by atoms with van der Waals surface area (Å²) in [5.74, 6) is 0. The lowest BCUT2D eigenvalue weighted by Crippen LogP contribution is -1.92. The average molecular weight is 503 g/mol. The zero-order valence-corrected chi connectivity index (χ0v) is 21.9. The summed E-state index contributed by atoms with van der Waals surface area (Å²) in [5, 5.41) is 0. The van der Waals surface area contributed by atoms with Crippen molar-refractivity contribution in [2.24, 2.45) is 0 Å². The summed E-state index contributed by atoms with van der Waals surface area (Å²) in [5.41, 5.74) is 26.7. The first-order valence-electron chi connectivity index (χ1n) is 13.2. The molecule has 0 aliphatic rings. The lowest BCUT2D eigenvalue weighted by atomic mass is 9.88. The van der Waals surface area contributed by atoms with Crippen LogP contribution in [0.2, 0.25) is 0 Å². The first-order valence-corrected chi connectivity index (χ1v) is 13.2. The minimum Gasteiger partial charge on any atom is -0.399 e. The molecule has 2 heteroatoms. The molecule has 0 saturated carbocycles. The predicted molar refractivity (Wildman–Crippen MR) is 167 cm³/mol. The van der Waals surface area contributed by atoms with Gasteiger partial charge in [0.25, 0.3) is 0 Å². The van der Waals surface area contributed by atoms with E-state index >= 15 is 0 Å². The maximum atomic E-state index is 6.31. The number of hydrogen-bond donors (Lipinski definition) is 2. The summed E-state index contributed by atoms with van der Waals surface area (Å²) in [7, 11) is 0. The highest BCUT2D eigenvalue weighted by Gasteiger charge is 2.14. The maximum Gasteiger partial charge on any atom is 0.0393 e. The smallest absolute Gasteiger partial charge is 0.0393 e. The molecular formula is C37H30N2. The molecule has 188 valence electrons.